The van der Waals surface area contributed by atoms with Gasteiger partial charge in [-0.2, -0.15) is 5.26 Å². The summed E-state index contributed by atoms with van der Waals surface area (Å²) in [5, 5.41) is 10.3. The van der Waals surface area contributed by atoms with Crippen molar-refractivity contribution < 1.29 is 0 Å². The number of thiocyanates is 1. The first kappa shape index (κ1) is 10.3. The molecule has 0 rings (SSSR count). The van der Waals surface area contributed by atoms with Crippen molar-refractivity contribution in [2.24, 2.45) is 0 Å². The van der Waals surface area contributed by atoms with Gasteiger partial charge < -0.3 is 0 Å². The van der Waals surface area contributed by atoms with E-state index in [4.69, 9.17) is 5.26 Å². The number of hydrogen-bond acceptors (Lipinski definition) is 2. The molecule has 0 aliphatic rings. The summed E-state index contributed by atoms with van der Waals surface area (Å²) in [6.07, 6.45) is 3.67. The van der Waals surface area contributed by atoms with Gasteiger partial charge in [0.25, 0.3) is 0 Å². The lowest BCUT2D eigenvalue weighted by Gasteiger charge is -2.03. The smallest absolute Gasteiger partial charge is 0.133 e. The number of unbranched alkanes of at least 4 members (excludes halogenated alkanes) is 1. The van der Waals surface area contributed by atoms with Crippen molar-refractivity contribution in [3.63, 3.8) is 0 Å². The highest BCUT2D eigenvalue weighted by Crippen LogP contribution is 2.14. The van der Waals surface area contributed by atoms with Crippen LogP contribution in [0.15, 0.2) is 0 Å². The second kappa shape index (κ2) is 7.43. The summed E-state index contributed by atoms with van der Waals surface area (Å²) in [5.41, 5.74) is 0. The molecule has 0 fully saturated rings. The van der Waals surface area contributed by atoms with Crippen LogP contribution in [-0.4, -0.2) is 10.6 Å². The molecule has 58 valence electrons. The zero-order valence-electron chi connectivity index (χ0n) is 6.14. The van der Waals surface area contributed by atoms with Gasteiger partial charge in [-0.3, -0.25) is 0 Å². The molecule has 3 heteroatoms. The molecule has 0 heterocycles. The molecule has 0 aliphatic heterocycles. The van der Waals surface area contributed by atoms with E-state index in [1.807, 2.05) is 0 Å². The molecule has 1 nitrogen and oxygen atoms in total. The van der Waals surface area contributed by atoms with Gasteiger partial charge in [0.15, 0.2) is 0 Å². The fourth-order valence-electron chi connectivity index (χ4n) is 0.637. The molecule has 1 atom stereocenters. The van der Waals surface area contributed by atoms with E-state index in [2.05, 4.69) is 28.3 Å². The second-order valence-corrected chi connectivity index (χ2v) is 4.24. The lowest BCUT2D eigenvalue weighted by molar-refractivity contribution is 0.723. The standard InChI is InChI=1S/C7H12BrNS/c1-2-3-4-7(8)5-10-6-9/h7H,2-5H2,1H3. The predicted molar refractivity (Wildman–Crippen MR) is 50.3 cm³/mol. The maximum absolute atomic E-state index is 8.23. The Kier molecular flexibility index (Phi) is 7.66. The van der Waals surface area contributed by atoms with Crippen LogP contribution < -0.4 is 0 Å². The normalized spacial score (nSPS) is 12.5. The average molecular weight is 222 g/mol. The van der Waals surface area contributed by atoms with Crippen LogP contribution in [0.2, 0.25) is 0 Å². The van der Waals surface area contributed by atoms with Gasteiger partial charge in [-0.05, 0) is 18.2 Å². The molecule has 0 amide bonds. The maximum atomic E-state index is 8.23. The van der Waals surface area contributed by atoms with E-state index in [1.54, 1.807) is 0 Å². The van der Waals surface area contributed by atoms with E-state index >= 15 is 0 Å². The first-order valence-corrected chi connectivity index (χ1v) is 5.36. The SMILES string of the molecule is CCCCC(Br)CSC#N. The van der Waals surface area contributed by atoms with Gasteiger partial charge in [0.05, 0.1) is 0 Å². The van der Waals surface area contributed by atoms with E-state index in [9.17, 15) is 0 Å². The molecule has 0 aromatic carbocycles. The summed E-state index contributed by atoms with van der Waals surface area (Å²) in [4.78, 5) is 0.525. The van der Waals surface area contributed by atoms with Crippen LogP contribution in [0, 0.1) is 10.7 Å². The van der Waals surface area contributed by atoms with Crippen LogP contribution in [0.4, 0.5) is 0 Å². The quantitative estimate of drug-likeness (QED) is 0.527. The number of thioether (sulfide) groups is 1. The van der Waals surface area contributed by atoms with Crippen molar-refractivity contribution >= 4 is 27.7 Å². The number of rotatable bonds is 5. The van der Waals surface area contributed by atoms with Crippen LogP contribution in [0.5, 0.6) is 0 Å². The summed E-state index contributed by atoms with van der Waals surface area (Å²) < 4.78 is 0. The Balaban J connectivity index is 3.10. The van der Waals surface area contributed by atoms with E-state index in [0.29, 0.717) is 4.83 Å². The Morgan fingerprint density at radius 2 is 2.40 bits per heavy atom. The molecule has 1 unspecified atom stereocenters. The summed E-state index contributed by atoms with van der Waals surface area (Å²) in [6, 6.07) is 0. The minimum Gasteiger partial charge on any atom is -0.185 e. The Morgan fingerprint density at radius 1 is 1.70 bits per heavy atom. The van der Waals surface area contributed by atoms with Crippen molar-refractivity contribution in [3.05, 3.63) is 0 Å². The third kappa shape index (κ3) is 6.44. The molecule has 0 radical (unpaired) electrons. The van der Waals surface area contributed by atoms with E-state index in [0.717, 1.165) is 5.75 Å². The summed E-state index contributed by atoms with van der Waals surface area (Å²) in [5.74, 6) is 0.913. The van der Waals surface area contributed by atoms with Gasteiger partial charge >= 0.3 is 0 Å². The van der Waals surface area contributed by atoms with Crippen LogP contribution in [0.3, 0.4) is 0 Å². The monoisotopic (exact) mass is 221 g/mol. The fraction of sp³-hybridized carbons (Fsp3) is 0.857. The van der Waals surface area contributed by atoms with Crippen molar-refractivity contribution in [2.45, 2.75) is 31.0 Å². The van der Waals surface area contributed by atoms with E-state index in [1.165, 1.54) is 31.0 Å². The third-order valence-electron chi connectivity index (χ3n) is 1.20. The largest absolute Gasteiger partial charge is 0.185 e. The van der Waals surface area contributed by atoms with Crippen LogP contribution in [0.25, 0.3) is 0 Å². The summed E-state index contributed by atoms with van der Waals surface area (Å²) in [6.45, 7) is 2.18. The highest BCUT2D eigenvalue weighted by Gasteiger charge is 2.01. The minimum absolute atomic E-state index is 0.525. The first-order valence-electron chi connectivity index (χ1n) is 3.46. The van der Waals surface area contributed by atoms with Crippen molar-refractivity contribution in [3.8, 4) is 5.40 Å². The van der Waals surface area contributed by atoms with Crippen LogP contribution in [0.1, 0.15) is 26.2 Å². The molecule has 0 spiro atoms. The zero-order valence-corrected chi connectivity index (χ0v) is 8.54. The summed E-state index contributed by atoms with van der Waals surface area (Å²) in [7, 11) is 0. The molecule has 10 heavy (non-hydrogen) atoms. The number of alkyl halides is 1. The van der Waals surface area contributed by atoms with Gasteiger partial charge in [-0.25, -0.2) is 0 Å². The third-order valence-corrected chi connectivity index (χ3v) is 3.11. The van der Waals surface area contributed by atoms with Gasteiger partial charge in [0, 0.05) is 10.6 Å². The molecule has 0 aromatic heterocycles. The lowest BCUT2D eigenvalue weighted by Crippen LogP contribution is -1.99. The molecule has 0 N–H and O–H groups in total. The van der Waals surface area contributed by atoms with Gasteiger partial charge in [-0.1, -0.05) is 35.7 Å². The van der Waals surface area contributed by atoms with E-state index in [-0.39, 0.29) is 0 Å². The number of halogens is 1. The Hall–Kier alpha value is 0.320. The zero-order chi connectivity index (χ0) is 7.82. The fourth-order valence-corrected chi connectivity index (χ4v) is 1.78. The van der Waals surface area contributed by atoms with Crippen molar-refractivity contribution in [2.75, 3.05) is 5.75 Å². The Morgan fingerprint density at radius 3 is 2.90 bits per heavy atom. The van der Waals surface area contributed by atoms with Crippen molar-refractivity contribution in [1.82, 2.24) is 0 Å². The maximum Gasteiger partial charge on any atom is 0.133 e. The van der Waals surface area contributed by atoms with Gasteiger partial charge in [-0.15, -0.1) is 0 Å². The van der Waals surface area contributed by atoms with E-state index < -0.39 is 0 Å². The Labute approximate surface area is 75.3 Å². The number of hydrogen-bond donors (Lipinski definition) is 0. The minimum atomic E-state index is 0.525. The number of nitrogens with zero attached hydrogens (tertiary/aromatic N) is 1. The highest BCUT2D eigenvalue weighted by molar-refractivity contribution is 9.09. The van der Waals surface area contributed by atoms with Crippen molar-refractivity contribution in [1.29, 1.82) is 5.26 Å². The molecule has 0 aliphatic carbocycles. The molecule has 0 bridgehead atoms. The van der Waals surface area contributed by atoms with Gasteiger partial charge in [0.1, 0.15) is 5.40 Å². The van der Waals surface area contributed by atoms with Crippen LogP contribution >= 0.6 is 27.7 Å². The predicted octanol–water partition coefficient (Wildman–Crippen LogP) is 3.15. The highest BCUT2D eigenvalue weighted by atomic mass is 79.9. The first-order chi connectivity index (χ1) is 4.81. The molecule has 0 saturated heterocycles. The molecular formula is C7H12BrNS. The molecular weight excluding hydrogens is 210 g/mol. The van der Waals surface area contributed by atoms with Crippen LogP contribution in [-0.2, 0) is 0 Å². The topological polar surface area (TPSA) is 23.8 Å². The lowest BCUT2D eigenvalue weighted by atomic mass is 10.2. The Bertz CT molecular complexity index is 111. The molecule has 0 aromatic rings. The second-order valence-electron chi connectivity index (χ2n) is 2.14. The number of nitriles is 1. The molecule has 0 saturated carbocycles. The summed E-state index contributed by atoms with van der Waals surface area (Å²) >= 11 is 4.83. The van der Waals surface area contributed by atoms with Gasteiger partial charge in [0.2, 0.25) is 0 Å². The average Bonchev–Trinajstić information content (AvgIpc) is 1.97.